The first-order valence-electron chi connectivity index (χ1n) is 5.60. The molecule has 2 rings (SSSR count). The molecule has 0 bridgehead atoms. The summed E-state index contributed by atoms with van der Waals surface area (Å²) in [6.45, 7) is 2.30. The average Bonchev–Trinajstić information content (AvgIpc) is 2.14. The van der Waals surface area contributed by atoms with Gasteiger partial charge < -0.3 is 10.1 Å². The first kappa shape index (κ1) is 12.8. The Balaban J connectivity index is 0.00000112. The van der Waals surface area contributed by atoms with Crippen molar-refractivity contribution in [1.29, 1.82) is 0 Å². The van der Waals surface area contributed by atoms with Gasteiger partial charge in [-0.25, -0.2) is 0 Å². The molecule has 15 heavy (non-hydrogen) atoms. The zero-order valence-electron chi connectivity index (χ0n) is 9.20. The van der Waals surface area contributed by atoms with E-state index in [0.29, 0.717) is 0 Å². The Morgan fingerprint density at radius 2 is 2.00 bits per heavy atom. The SMILES string of the molecule is COC(=O)C1CCCC(C2CNC2)C1.Cl. The van der Waals surface area contributed by atoms with Gasteiger partial charge in [0.2, 0.25) is 0 Å². The molecule has 0 aromatic carbocycles. The lowest BCUT2D eigenvalue weighted by atomic mass is 9.73. The lowest BCUT2D eigenvalue weighted by molar-refractivity contribution is -0.147. The van der Waals surface area contributed by atoms with Gasteiger partial charge in [0.25, 0.3) is 0 Å². The molecule has 2 fully saturated rings. The van der Waals surface area contributed by atoms with E-state index in [4.69, 9.17) is 4.74 Å². The summed E-state index contributed by atoms with van der Waals surface area (Å²) in [6, 6.07) is 0. The van der Waals surface area contributed by atoms with Crippen molar-refractivity contribution in [2.24, 2.45) is 17.8 Å². The van der Waals surface area contributed by atoms with Crippen molar-refractivity contribution in [1.82, 2.24) is 5.32 Å². The van der Waals surface area contributed by atoms with Crippen molar-refractivity contribution >= 4 is 18.4 Å². The van der Waals surface area contributed by atoms with Crippen molar-refractivity contribution in [3.8, 4) is 0 Å². The first-order valence-corrected chi connectivity index (χ1v) is 5.60. The molecular weight excluding hydrogens is 214 g/mol. The Kier molecular flexibility index (Phi) is 4.87. The second-order valence-corrected chi connectivity index (χ2v) is 4.57. The van der Waals surface area contributed by atoms with Crippen LogP contribution in [0.1, 0.15) is 25.7 Å². The van der Waals surface area contributed by atoms with E-state index in [1.165, 1.54) is 20.0 Å². The molecule has 2 aliphatic rings. The van der Waals surface area contributed by atoms with E-state index in [0.717, 1.165) is 37.8 Å². The molecule has 0 aromatic heterocycles. The highest BCUT2D eigenvalue weighted by Gasteiger charge is 2.34. The van der Waals surface area contributed by atoms with Gasteiger partial charge in [0.1, 0.15) is 0 Å². The van der Waals surface area contributed by atoms with Crippen LogP contribution < -0.4 is 5.32 Å². The van der Waals surface area contributed by atoms with Crippen molar-refractivity contribution in [2.75, 3.05) is 20.2 Å². The first-order chi connectivity index (χ1) is 6.81. The second kappa shape index (κ2) is 5.71. The Hall–Kier alpha value is -0.280. The zero-order valence-corrected chi connectivity index (χ0v) is 10.0. The molecule has 0 radical (unpaired) electrons. The maximum absolute atomic E-state index is 11.4. The lowest BCUT2D eigenvalue weighted by Gasteiger charge is -2.38. The van der Waals surface area contributed by atoms with Gasteiger partial charge in [0.05, 0.1) is 13.0 Å². The van der Waals surface area contributed by atoms with E-state index in [1.807, 2.05) is 0 Å². The van der Waals surface area contributed by atoms with Crippen LogP contribution in [0.3, 0.4) is 0 Å². The van der Waals surface area contributed by atoms with E-state index in [9.17, 15) is 4.79 Å². The van der Waals surface area contributed by atoms with Crippen LogP contribution >= 0.6 is 12.4 Å². The second-order valence-electron chi connectivity index (χ2n) is 4.57. The smallest absolute Gasteiger partial charge is 0.308 e. The van der Waals surface area contributed by atoms with E-state index >= 15 is 0 Å². The van der Waals surface area contributed by atoms with E-state index < -0.39 is 0 Å². The number of hydrogen-bond acceptors (Lipinski definition) is 3. The van der Waals surface area contributed by atoms with Crippen LogP contribution in [0, 0.1) is 17.8 Å². The predicted molar refractivity (Wildman–Crippen MR) is 61.1 cm³/mol. The van der Waals surface area contributed by atoms with Crippen LogP contribution in [0.5, 0.6) is 0 Å². The maximum Gasteiger partial charge on any atom is 0.308 e. The normalized spacial score (nSPS) is 31.3. The minimum atomic E-state index is 0. The van der Waals surface area contributed by atoms with Crippen LogP contribution in [-0.2, 0) is 9.53 Å². The number of methoxy groups -OCH3 is 1. The highest BCUT2D eigenvalue weighted by Crippen LogP contribution is 2.35. The summed E-state index contributed by atoms with van der Waals surface area (Å²) in [7, 11) is 1.50. The standard InChI is InChI=1S/C11H19NO2.ClH/c1-14-11(13)9-4-2-3-8(5-9)10-6-12-7-10;/h8-10,12H,2-7H2,1H3;1H. The molecule has 2 unspecified atom stereocenters. The van der Waals surface area contributed by atoms with Crippen molar-refractivity contribution in [3.63, 3.8) is 0 Å². The largest absolute Gasteiger partial charge is 0.469 e. The van der Waals surface area contributed by atoms with E-state index in [1.54, 1.807) is 0 Å². The fourth-order valence-corrected chi connectivity index (χ4v) is 2.68. The van der Waals surface area contributed by atoms with Gasteiger partial charge in [-0.05, 0) is 37.8 Å². The van der Waals surface area contributed by atoms with Crippen molar-refractivity contribution in [3.05, 3.63) is 0 Å². The van der Waals surface area contributed by atoms with Gasteiger partial charge in [0.15, 0.2) is 0 Å². The van der Waals surface area contributed by atoms with Crippen LogP contribution in [0.25, 0.3) is 0 Å². The number of carbonyl (C=O) groups is 1. The summed E-state index contributed by atoms with van der Waals surface area (Å²) < 4.78 is 4.81. The molecule has 1 aliphatic carbocycles. The van der Waals surface area contributed by atoms with Crippen LogP contribution in [0.15, 0.2) is 0 Å². The minimum Gasteiger partial charge on any atom is -0.469 e. The quantitative estimate of drug-likeness (QED) is 0.737. The highest BCUT2D eigenvalue weighted by atomic mass is 35.5. The number of halogens is 1. The zero-order chi connectivity index (χ0) is 9.97. The topological polar surface area (TPSA) is 38.3 Å². The van der Waals surface area contributed by atoms with Crippen LogP contribution in [-0.4, -0.2) is 26.2 Å². The number of carbonyl (C=O) groups excluding carboxylic acids is 1. The summed E-state index contributed by atoms with van der Waals surface area (Å²) in [5, 5.41) is 3.30. The number of nitrogens with one attached hydrogen (secondary N) is 1. The molecule has 1 saturated carbocycles. The van der Waals surface area contributed by atoms with Crippen LogP contribution in [0.2, 0.25) is 0 Å². The van der Waals surface area contributed by atoms with Gasteiger partial charge in [0, 0.05) is 0 Å². The third kappa shape index (κ3) is 2.85. The Morgan fingerprint density at radius 1 is 1.27 bits per heavy atom. The van der Waals surface area contributed by atoms with Crippen molar-refractivity contribution < 1.29 is 9.53 Å². The van der Waals surface area contributed by atoms with Gasteiger partial charge >= 0.3 is 5.97 Å². The minimum absolute atomic E-state index is 0. The van der Waals surface area contributed by atoms with Crippen molar-refractivity contribution in [2.45, 2.75) is 25.7 Å². The molecule has 1 N–H and O–H groups in total. The Morgan fingerprint density at radius 3 is 2.53 bits per heavy atom. The summed E-state index contributed by atoms with van der Waals surface area (Å²) in [5.74, 6) is 1.76. The molecule has 2 atom stereocenters. The Labute approximate surface area is 97.4 Å². The third-order valence-electron chi connectivity index (χ3n) is 3.73. The number of hydrogen-bond donors (Lipinski definition) is 1. The fourth-order valence-electron chi connectivity index (χ4n) is 2.68. The summed E-state index contributed by atoms with van der Waals surface area (Å²) >= 11 is 0. The highest BCUT2D eigenvalue weighted by molar-refractivity contribution is 5.85. The molecule has 3 nitrogen and oxygen atoms in total. The molecule has 0 amide bonds. The average molecular weight is 234 g/mol. The number of esters is 1. The number of rotatable bonds is 2. The molecule has 88 valence electrons. The molecule has 4 heteroatoms. The maximum atomic E-state index is 11.4. The van der Waals surface area contributed by atoms with E-state index in [2.05, 4.69) is 5.32 Å². The number of ether oxygens (including phenoxy) is 1. The molecule has 1 aliphatic heterocycles. The van der Waals surface area contributed by atoms with E-state index in [-0.39, 0.29) is 24.3 Å². The summed E-state index contributed by atoms with van der Waals surface area (Å²) in [6.07, 6.45) is 4.59. The molecule has 0 spiro atoms. The molecule has 0 aromatic rings. The van der Waals surface area contributed by atoms with Gasteiger partial charge in [-0.2, -0.15) is 0 Å². The van der Waals surface area contributed by atoms with Gasteiger partial charge in [-0.3, -0.25) is 4.79 Å². The van der Waals surface area contributed by atoms with Gasteiger partial charge in [-0.15, -0.1) is 12.4 Å². The molecule has 1 saturated heterocycles. The third-order valence-corrected chi connectivity index (χ3v) is 3.73. The summed E-state index contributed by atoms with van der Waals surface area (Å²) in [4.78, 5) is 11.4. The molecule has 1 heterocycles. The lowest BCUT2D eigenvalue weighted by Crippen LogP contribution is -2.47. The van der Waals surface area contributed by atoms with Crippen LogP contribution in [0.4, 0.5) is 0 Å². The fraction of sp³-hybridized carbons (Fsp3) is 0.909. The monoisotopic (exact) mass is 233 g/mol. The van der Waals surface area contributed by atoms with Gasteiger partial charge in [-0.1, -0.05) is 12.8 Å². The Bertz CT molecular complexity index is 219. The summed E-state index contributed by atoms with van der Waals surface area (Å²) in [5.41, 5.74) is 0. The predicted octanol–water partition coefficient (Wildman–Crippen LogP) is 1.61. The molecular formula is C11H20ClNO2.